The predicted molar refractivity (Wildman–Crippen MR) is 84.8 cm³/mol. The Morgan fingerprint density at radius 2 is 2.26 bits per heavy atom. The van der Waals surface area contributed by atoms with E-state index in [-0.39, 0.29) is 12.0 Å². The number of aryl methyl sites for hydroxylation is 4. The van der Waals surface area contributed by atoms with Gasteiger partial charge in [0.05, 0.1) is 18.8 Å². The summed E-state index contributed by atoms with van der Waals surface area (Å²) in [6.07, 6.45) is 4.03. The average Bonchev–Trinajstić information content (AvgIpc) is 3.10. The normalized spacial score (nSPS) is 18.4. The molecule has 2 aromatic rings. The molecule has 0 aromatic carbocycles. The van der Waals surface area contributed by atoms with Gasteiger partial charge < -0.3 is 14.2 Å². The molecule has 1 saturated heterocycles. The van der Waals surface area contributed by atoms with Crippen molar-refractivity contribution < 1.29 is 9.53 Å². The summed E-state index contributed by atoms with van der Waals surface area (Å²) in [7, 11) is 1.96. The minimum Gasteiger partial charge on any atom is -0.367 e. The van der Waals surface area contributed by atoms with Crippen LogP contribution in [-0.4, -0.2) is 49.8 Å². The van der Waals surface area contributed by atoms with Crippen LogP contribution in [0.4, 0.5) is 0 Å². The van der Waals surface area contributed by atoms with Crippen molar-refractivity contribution in [3.63, 3.8) is 0 Å². The van der Waals surface area contributed by atoms with Gasteiger partial charge in [0.1, 0.15) is 11.9 Å². The van der Waals surface area contributed by atoms with Crippen LogP contribution in [0.3, 0.4) is 0 Å². The second-order valence-corrected chi connectivity index (χ2v) is 6.00. The lowest BCUT2D eigenvalue weighted by Crippen LogP contribution is -2.43. The van der Waals surface area contributed by atoms with Crippen LogP contribution >= 0.6 is 0 Å². The average molecular weight is 317 g/mol. The van der Waals surface area contributed by atoms with Gasteiger partial charge in [-0.25, -0.2) is 4.98 Å². The minimum absolute atomic E-state index is 0.138. The number of carbonyl (C=O) groups excluding carboxylic acids is 1. The molecule has 124 valence electrons. The van der Waals surface area contributed by atoms with Crippen molar-refractivity contribution in [2.45, 2.75) is 32.9 Å². The van der Waals surface area contributed by atoms with Crippen molar-refractivity contribution in [3.05, 3.63) is 35.7 Å². The molecule has 1 amide bonds. The van der Waals surface area contributed by atoms with E-state index in [1.54, 1.807) is 6.20 Å². The zero-order chi connectivity index (χ0) is 16.4. The first kappa shape index (κ1) is 15.7. The van der Waals surface area contributed by atoms with E-state index >= 15 is 0 Å². The van der Waals surface area contributed by atoms with E-state index in [4.69, 9.17) is 4.74 Å². The molecule has 3 heterocycles. The molecular formula is C16H23N5O2. The van der Waals surface area contributed by atoms with E-state index < -0.39 is 0 Å². The fourth-order valence-electron chi connectivity index (χ4n) is 2.96. The Bertz CT molecular complexity index is 690. The molecule has 1 fully saturated rings. The lowest BCUT2D eigenvalue weighted by molar-refractivity contribution is -0.139. The summed E-state index contributed by atoms with van der Waals surface area (Å²) in [5.74, 6) is 1.02. The lowest BCUT2D eigenvalue weighted by atomic mass is 10.2. The van der Waals surface area contributed by atoms with Gasteiger partial charge in [0.15, 0.2) is 0 Å². The molecule has 0 spiro atoms. The molecule has 0 N–H and O–H groups in total. The van der Waals surface area contributed by atoms with Crippen molar-refractivity contribution in [2.24, 2.45) is 7.05 Å². The quantitative estimate of drug-likeness (QED) is 0.850. The largest absolute Gasteiger partial charge is 0.367 e. The van der Waals surface area contributed by atoms with Crippen LogP contribution in [0.25, 0.3) is 0 Å². The highest BCUT2D eigenvalue weighted by molar-refractivity contribution is 5.76. The van der Waals surface area contributed by atoms with Crippen LogP contribution in [0.15, 0.2) is 18.5 Å². The minimum atomic E-state index is -0.155. The standard InChI is InChI=1S/C16H23N5O2/c1-12-10-19(3)16(18-12)14-11-20(8-9-23-14)15(22)5-7-21-13(2)4-6-17-21/h4,6,10,14H,5,7-9,11H2,1-3H3/t14-/m1/s1. The Hall–Kier alpha value is -2.15. The van der Waals surface area contributed by atoms with Crippen molar-refractivity contribution in [1.82, 2.24) is 24.2 Å². The third kappa shape index (κ3) is 3.44. The van der Waals surface area contributed by atoms with Gasteiger partial charge in [0.25, 0.3) is 0 Å². The SMILES string of the molecule is Cc1cn(C)c([C@H]2CN(C(=O)CCn3nccc3C)CCO2)n1. The van der Waals surface area contributed by atoms with Gasteiger partial charge in [-0.2, -0.15) is 5.10 Å². The molecule has 7 heteroatoms. The summed E-state index contributed by atoms with van der Waals surface area (Å²) >= 11 is 0. The summed E-state index contributed by atoms with van der Waals surface area (Å²) in [4.78, 5) is 18.9. The number of aromatic nitrogens is 4. The molecule has 0 radical (unpaired) electrons. The van der Waals surface area contributed by atoms with Gasteiger partial charge in [0.2, 0.25) is 5.91 Å². The topological polar surface area (TPSA) is 65.2 Å². The maximum absolute atomic E-state index is 12.5. The molecule has 1 aliphatic heterocycles. The maximum Gasteiger partial charge on any atom is 0.224 e. The van der Waals surface area contributed by atoms with Crippen molar-refractivity contribution in [1.29, 1.82) is 0 Å². The van der Waals surface area contributed by atoms with Crippen molar-refractivity contribution >= 4 is 5.91 Å². The van der Waals surface area contributed by atoms with Gasteiger partial charge in [0, 0.05) is 44.6 Å². The van der Waals surface area contributed by atoms with Crippen LogP contribution in [0.5, 0.6) is 0 Å². The highest BCUT2D eigenvalue weighted by atomic mass is 16.5. The first-order chi connectivity index (χ1) is 11.0. The van der Waals surface area contributed by atoms with Crippen LogP contribution in [0.1, 0.15) is 29.7 Å². The molecule has 1 aliphatic rings. The summed E-state index contributed by atoms with van der Waals surface area (Å²) in [5.41, 5.74) is 2.03. The first-order valence-corrected chi connectivity index (χ1v) is 7.92. The van der Waals surface area contributed by atoms with Crippen LogP contribution in [-0.2, 0) is 23.1 Å². The smallest absolute Gasteiger partial charge is 0.224 e. The van der Waals surface area contributed by atoms with E-state index in [9.17, 15) is 4.79 Å². The van der Waals surface area contributed by atoms with E-state index in [0.717, 1.165) is 17.2 Å². The summed E-state index contributed by atoms with van der Waals surface area (Å²) < 4.78 is 9.65. The number of amides is 1. The molecular weight excluding hydrogens is 294 g/mol. The fourth-order valence-corrected chi connectivity index (χ4v) is 2.96. The number of hydrogen-bond donors (Lipinski definition) is 0. The number of ether oxygens (including phenoxy) is 1. The van der Waals surface area contributed by atoms with Gasteiger partial charge in [-0.15, -0.1) is 0 Å². The second-order valence-electron chi connectivity index (χ2n) is 6.00. The number of hydrogen-bond acceptors (Lipinski definition) is 4. The van der Waals surface area contributed by atoms with Crippen LogP contribution in [0, 0.1) is 13.8 Å². The van der Waals surface area contributed by atoms with Gasteiger partial charge >= 0.3 is 0 Å². The highest BCUT2D eigenvalue weighted by Crippen LogP contribution is 2.21. The Morgan fingerprint density at radius 1 is 1.43 bits per heavy atom. The second kappa shape index (κ2) is 6.54. The summed E-state index contributed by atoms with van der Waals surface area (Å²) in [5, 5.41) is 4.22. The molecule has 7 nitrogen and oxygen atoms in total. The summed E-state index contributed by atoms with van der Waals surface area (Å²) in [6.45, 7) is 6.30. The first-order valence-electron chi connectivity index (χ1n) is 7.92. The highest BCUT2D eigenvalue weighted by Gasteiger charge is 2.27. The van der Waals surface area contributed by atoms with Crippen molar-refractivity contribution in [3.8, 4) is 0 Å². The third-order valence-corrected chi connectivity index (χ3v) is 4.21. The molecule has 3 rings (SSSR count). The molecule has 2 aromatic heterocycles. The van der Waals surface area contributed by atoms with Gasteiger partial charge in [-0.1, -0.05) is 0 Å². The number of morpholine rings is 1. The van der Waals surface area contributed by atoms with E-state index in [2.05, 4.69) is 10.1 Å². The zero-order valence-electron chi connectivity index (χ0n) is 13.9. The van der Waals surface area contributed by atoms with Crippen LogP contribution in [0.2, 0.25) is 0 Å². The van der Waals surface area contributed by atoms with E-state index in [1.165, 1.54) is 0 Å². The number of nitrogens with zero attached hydrogens (tertiary/aromatic N) is 5. The Labute approximate surface area is 135 Å². The van der Waals surface area contributed by atoms with E-state index in [1.807, 2.05) is 47.3 Å². The third-order valence-electron chi connectivity index (χ3n) is 4.21. The van der Waals surface area contributed by atoms with Gasteiger partial charge in [-0.3, -0.25) is 9.48 Å². The number of carbonyl (C=O) groups is 1. The molecule has 23 heavy (non-hydrogen) atoms. The Morgan fingerprint density at radius 3 is 2.91 bits per heavy atom. The fraction of sp³-hybridized carbons (Fsp3) is 0.562. The lowest BCUT2D eigenvalue weighted by Gasteiger charge is -2.32. The van der Waals surface area contributed by atoms with Crippen LogP contribution < -0.4 is 0 Å². The molecule has 0 bridgehead atoms. The predicted octanol–water partition coefficient (Wildman–Crippen LogP) is 1.22. The molecule has 1 atom stereocenters. The van der Waals surface area contributed by atoms with Crippen molar-refractivity contribution in [2.75, 3.05) is 19.7 Å². The Balaban J connectivity index is 1.60. The number of rotatable bonds is 4. The van der Waals surface area contributed by atoms with E-state index in [0.29, 0.717) is 32.7 Å². The maximum atomic E-state index is 12.5. The molecule has 0 aliphatic carbocycles. The molecule has 0 unspecified atom stereocenters. The Kier molecular flexibility index (Phi) is 4.47. The summed E-state index contributed by atoms with van der Waals surface area (Å²) in [6, 6.07) is 1.94. The zero-order valence-corrected chi connectivity index (χ0v) is 13.9. The monoisotopic (exact) mass is 317 g/mol. The molecule has 0 saturated carbocycles. The van der Waals surface area contributed by atoms with Gasteiger partial charge in [-0.05, 0) is 19.9 Å². The number of imidazole rings is 1.